The number of halogens is 2. The molecule has 3 heteroatoms. The summed E-state index contributed by atoms with van der Waals surface area (Å²) in [5, 5.41) is 4.86. The van der Waals surface area contributed by atoms with E-state index in [0.29, 0.717) is 16.1 Å². The molecule has 0 aliphatic carbocycles. The molecule has 1 N–H and O–H groups in total. The van der Waals surface area contributed by atoms with Gasteiger partial charge < -0.3 is 5.32 Å². The maximum atomic E-state index is 6.23. The molecule has 102 valence electrons. The molecule has 1 rings (SSSR count). The zero-order valence-corrected chi connectivity index (χ0v) is 13.1. The quantitative estimate of drug-likeness (QED) is 0.732. The van der Waals surface area contributed by atoms with Crippen molar-refractivity contribution >= 4 is 23.2 Å². The number of nitrogens with one attached hydrogen (secondary N) is 1. The van der Waals surface area contributed by atoms with Gasteiger partial charge in [-0.2, -0.15) is 0 Å². The van der Waals surface area contributed by atoms with Crippen LogP contribution in [0.5, 0.6) is 0 Å². The molecule has 2 unspecified atom stereocenters. The van der Waals surface area contributed by atoms with Crippen molar-refractivity contribution in [2.45, 2.75) is 52.6 Å². The molecule has 1 aromatic carbocycles. The highest BCUT2D eigenvalue weighted by Crippen LogP contribution is 2.30. The van der Waals surface area contributed by atoms with Gasteiger partial charge in [-0.3, -0.25) is 0 Å². The Morgan fingerprint density at radius 2 is 1.72 bits per heavy atom. The Morgan fingerprint density at radius 3 is 2.33 bits per heavy atom. The Kier molecular flexibility index (Phi) is 6.48. The molecular weight excluding hydrogens is 265 g/mol. The van der Waals surface area contributed by atoms with Crippen LogP contribution in [-0.4, -0.2) is 6.04 Å². The van der Waals surface area contributed by atoms with Crippen molar-refractivity contribution in [2.75, 3.05) is 0 Å². The molecule has 0 aliphatic rings. The van der Waals surface area contributed by atoms with Crippen LogP contribution < -0.4 is 5.32 Å². The highest BCUT2D eigenvalue weighted by molar-refractivity contribution is 6.42. The summed E-state index contributed by atoms with van der Waals surface area (Å²) in [4.78, 5) is 0. The SMILES string of the molecule is CC(C)CCC(C)NC(C)c1cccc(Cl)c1Cl. The zero-order chi connectivity index (χ0) is 13.7. The fourth-order valence-corrected chi connectivity index (χ4v) is 2.51. The van der Waals surface area contributed by atoms with Gasteiger partial charge in [-0.1, -0.05) is 49.2 Å². The van der Waals surface area contributed by atoms with Crippen molar-refractivity contribution < 1.29 is 0 Å². The zero-order valence-electron chi connectivity index (χ0n) is 11.6. The number of hydrogen-bond donors (Lipinski definition) is 1. The fourth-order valence-electron chi connectivity index (χ4n) is 2.04. The van der Waals surface area contributed by atoms with E-state index in [4.69, 9.17) is 23.2 Å². The molecule has 0 radical (unpaired) electrons. The summed E-state index contributed by atoms with van der Waals surface area (Å²) >= 11 is 12.3. The molecule has 1 aromatic rings. The molecule has 0 spiro atoms. The molecule has 0 heterocycles. The monoisotopic (exact) mass is 287 g/mol. The first-order valence-corrected chi connectivity index (χ1v) is 7.37. The summed E-state index contributed by atoms with van der Waals surface area (Å²) in [5.74, 6) is 0.749. The Labute approximate surface area is 121 Å². The van der Waals surface area contributed by atoms with Crippen molar-refractivity contribution in [3.8, 4) is 0 Å². The van der Waals surface area contributed by atoms with E-state index >= 15 is 0 Å². The van der Waals surface area contributed by atoms with E-state index in [1.807, 2.05) is 18.2 Å². The first-order valence-electron chi connectivity index (χ1n) is 6.61. The third-order valence-electron chi connectivity index (χ3n) is 3.16. The molecule has 0 fully saturated rings. The van der Waals surface area contributed by atoms with Gasteiger partial charge in [0.25, 0.3) is 0 Å². The lowest BCUT2D eigenvalue weighted by Gasteiger charge is -2.22. The van der Waals surface area contributed by atoms with E-state index in [9.17, 15) is 0 Å². The van der Waals surface area contributed by atoms with Crippen molar-refractivity contribution in [1.29, 1.82) is 0 Å². The third kappa shape index (κ3) is 4.79. The summed E-state index contributed by atoms with van der Waals surface area (Å²) in [5.41, 5.74) is 1.07. The van der Waals surface area contributed by atoms with Crippen LogP contribution >= 0.6 is 23.2 Å². The van der Waals surface area contributed by atoms with E-state index in [1.165, 1.54) is 12.8 Å². The Hall–Kier alpha value is -0.240. The predicted octanol–water partition coefficient (Wildman–Crippen LogP) is 5.47. The summed E-state index contributed by atoms with van der Waals surface area (Å²) in [6.07, 6.45) is 2.42. The number of rotatable bonds is 6. The van der Waals surface area contributed by atoms with Crippen LogP contribution in [0, 0.1) is 5.92 Å². The summed E-state index contributed by atoms with van der Waals surface area (Å²) < 4.78 is 0. The molecule has 0 aliphatic heterocycles. The van der Waals surface area contributed by atoms with Crippen molar-refractivity contribution in [3.05, 3.63) is 33.8 Å². The Morgan fingerprint density at radius 1 is 1.06 bits per heavy atom. The average molecular weight is 288 g/mol. The minimum absolute atomic E-state index is 0.221. The first-order chi connectivity index (χ1) is 8.41. The molecule has 1 nitrogen and oxygen atoms in total. The maximum Gasteiger partial charge on any atom is 0.0639 e. The summed E-state index contributed by atoms with van der Waals surface area (Å²) in [6.45, 7) is 8.86. The Balaban J connectivity index is 2.59. The van der Waals surface area contributed by atoms with Gasteiger partial charge >= 0.3 is 0 Å². The number of hydrogen-bond acceptors (Lipinski definition) is 1. The lowest BCUT2D eigenvalue weighted by Crippen LogP contribution is -2.29. The summed E-state index contributed by atoms with van der Waals surface area (Å²) in [7, 11) is 0. The number of benzene rings is 1. The van der Waals surface area contributed by atoms with Gasteiger partial charge in [0.05, 0.1) is 10.0 Å². The first kappa shape index (κ1) is 15.8. The smallest absolute Gasteiger partial charge is 0.0639 e. The predicted molar refractivity (Wildman–Crippen MR) is 81.5 cm³/mol. The van der Waals surface area contributed by atoms with Crippen LogP contribution in [0.25, 0.3) is 0 Å². The van der Waals surface area contributed by atoms with Crippen molar-refractivity contribution in [3.63, 3.8) is 0 Å². The second kappa shape index (κ2) is 7.37. The van der Waals surface area contributed by atoms with E-state index in [2.05, 4.69) is 33.0 Å². The topological polar surface area (TPSA) is 12.0 Å². The maximum absolute atomic E-state index is 6.23. The largest absolute Gasteiger partial charge is 0.308 e. The van der Waals surface area contributed by atoms with Crippen molar-refractivity contribution in [1.82, 2.24) is 5.32 Å². The van der Waals surface area contributed by atoms with Crippen LogP contribution in [0.15, 0.2) is 18.2 Å². The standard InChI is InChI=1S/C15H23Cl2N/c1-10(2)8-9-11(3)18-12(4)13-6-5-7-14(16)15(13)17/h5-7,10-12,18H,8-9H2,1-4H3. The van der Waals surface area contributed by atoms with Gasteiger partial charge in [0.15, 0.2) is 0 Å². The molecule has 0 bridgehead atoms. The van der Waals surface area contributed by atoms with Gasteiger partial charge in [0.1, 0.15) is 0 Å². The minimum atomic E-state index is 0.221. The molecular formula is C15H23Cl2N. The van der Waals surface area contributed by atoms with Gasteiger partial charge in [-0.25, -0.2) is 0 Å². The fraction of sp³-hybridized carbons (Fsp3) is 0.600. The lowest BCUT2D eigenvalue weighted by molar-refractivity contribution is 0.417. The molecule has 0 saturated carbocycles. The lowest BCUT2D eigenvalue weighted by atomic mass is 10.0. The highest BCUT2D eigenvalue weighted by atomic mass is 35.5. The van der Waals surface area contributed by atoms with Gasteiger partial charge in [0, 0.05) is 12.1 Å². The minimum Gasteiger partial charge on any atom is -0.308 e. The van der Waals surface area contributed by atoms with E-state index in [1.54, 1.807) is 0 Å². The van der Waals surface area contributed by atoms with Gasteiger partial charge in [0.2, 0.25) is 0 Å². The second-order valence-corrected chi connectivity index (χ2v) is 6.19. The average Bonchev–Trinajstić information content (AvgIpc) is 2.30. The molecule has 0 aromatic heterocycles. The Bertz CT molecular complexity index is 377. The summed E-state index contributed by atoms with van der Waals surface area (Å²) in [6, 6.07) is 6.50. The molecule has 0 amide bonds. The van der Waals surface area contributed by atoms with Crippen LogP contribution in [0.3, 0.4) is 0 Å². The van der Waals surface area contributed by atoms with Crippen molar-refractivity contribution in [2.24, 2.45) is 5.92 Å². The van der Waals surface area contributed by atoms with E-state index in [0.717, 1.165) is 11.5 Å². The van der Waals surface area contributed by atoms with E-state index in [-0.39, 0.29) is 6.04 Å². The van der Waals surface area contributed by atoms with Crippen LogP contribution in [0.2, 0.25) is 10.0 Å². The van der Waals surface area contributed by atoms with Crippen LogP contribution in [-0.2, 0) is 0 Å². The second-order valence-electron chi connectivity index (χ2n) is 5.40. The van der Waals surface area contributed by atoms with E-state index < -0.39 is 0 Å². The normalized spacial score (nSPS) is 14.8. The highest BCUT2D eigenvalue weighted by Gasteiger charge is 2.14. The van der Waals surface area contributed by atoms with Crippen LogP contribution in [0.1, 0.15) is 52.1 Å². The molecule has 2 atom stereocenters. The molecule has 0 saturated heterocycles. The third-order valence-corrected chi connectivity index (χ3v) is 3.99. The van der Waals surface area contributed by atoms with Crippen LogP contribution in [0.4, 0.5) is 0 Å². The van der Waals surface area contributed by atoms with Gasteiger partial charge in [-0.05, 0) is 44.2 Å². The molecule has 18 heavy (non-hydrogen) atoms. The van der Waals surface area contributed by atoms with Gasteiger partial charge in [-0.15, -0.1) is 0 Å².